The van der Waals surface area contributed by atoms with Gasteiger partial charge in [0.1, 0.15) is 0 Å². The molecule has 2 rings (SSSR count). The topological polar surface area (TPSA) is 66.5 Å². The van der Waals surface area contributed by atoms with E-state index in [1.54, 1.807) is 19.2 Å². The Morgan fingerprint density at radius 1 is 1.23 bits per heavy atom. The van der Waals surface area contributed by atoms with Crippen LogP contribution in [0.3, 0.4) is 0 Å². The number of rotatable bonds is 5. The Labute approximate surface area is 134 Å². The molecule has 1 atom stereocenters. The van der Waals surface area contributed by atoms with Crippen LogP contribution in [0.2, 0.25) is 0 Å². The number of thiophene rings is 1. The van der Waals surface area contributed by atoms with Crippen molar-refractivity contribution in [3.05, 3.63) is 46.7 Å². The summed E-state index contributed by atoms with van der Waals surface area (Å²) in [7, 11) is -2.01. The molecule has 2 aromatic rings. The first-order valence-corrected chi connectivity index (χ1v) is 9.03. The molecule has 1 N–H and O–H groups in total. The Morgan fingerprint density at radius 3 is 2.36 bits per heavy atom. The minimum absolute atomic E-state index is 0.195. The van der Waals surface area contributed by atoms with Crippen molar-refractivity contribution in [2.45, 2.75) is 24.8 Å². The van der Waals surface area contributed by atoms with Crippen LogP contribution in [0.4, 0.5) is 5.69 Å². The summed E-state index contributed by atoms with van der Waals surface area (Å²) in [5.74, 6) is -0.195. The Kier molecular flexibility index (Phi) is 5.00. The molecule has 0 fully saturated rings. The lowest BCUT2D eigenvalue weighted by molar-refractivity contribution is -0.114. The number of nitrogens with zero attached hydrogens (tertiary/aromatic N) is 1. The van der Waals surface area contributed by atoms with E-state index >= 15 is 0 Å². The first kappa shape index (κ1) is 16.7. The SMILES string of the molecule is CC(=O)Nc1ccc(S(=O)(=O)N(C)[C@H](C)c2cccs2)cc1. The van der Waals surface area contributed by atoms with Crippen LogP contribution in [0, 0.1) is 0 Å². The van der Waals surface area contributed by atoms with E-state index in [1.165, 1.54) is 34.7 Å². The maximum absolute atomic E-state index is 12.6. The molecule has 118 valence electrons. The van der Waals surface area contributed by atoms with Crippen molar-refractivity contribution in [2.75, 3.05) is 12.4 Å². The second-order valence-electron chi connectivity index (χ2n) is 4.92. The fourth-order valence-corrected chi connectivity index (χ4v) is 4.23. The molecule has 1 aromatic heterocycles. The average Bonchev–Trinajstić information content (AvgIpc) is 2.99. The van der Waals surface area contributed by atoms with Crippen LogP contribution in [-0.2, 0) is 14.8 Å². The summed E-state index contributed by atoms with van der Waals surface area (Å²) in [5, 5.41) is 4.54. The minimum atomic E-state index is -3.58. The molecule has 0 radical (unpaired) electrons. The van der Waals surface area contributed by atoms with Gasteiger partial charge in [0.05, 0.1) is 10.9 Å². The van der Waals surface area contributed by atoms with Crippen LogP contribution in [0.15, 0.2) is 46.7 Å². The van der Waals surface area contributed by atoms with Gasteiger partial charge in [0, 0.05) is 24.5 Å². The van der Waals surface area contributed by atoms with Crippen molar-refractivity contribution < 1.29 is 13.2 Å². The van der Waals surface area contributed by atoms with Crippen LogP contribution >= 0.6 is 11.3 Å². The lowest BCUT2D eigenvalue weighted by atomic mass is 10.3. The van der Waals surface area contributed by atoms with E-state index in [9.17, 15) is 13.2 Å². The van der Waals surface area contributed by atoms with E-state index in [1.807, 2.05) is 24.4 Å². The van der Waals surface area contributed by atoms with Crippen LogP contribution < -0.4 is 5.32 Å². The van der Waals surface area contributed by atoms with Gasteiger partial charge in [-0.05, 0) is 42.6 Å². The molecule has 22 heavy (non-hydrogen) atoms. The lowest BCUT2D eigenvalue weighted by Gasteiger charge is -2.23. The molecule has 0 saturated heterocycles. The third-order valence-electron chi connectivity index (χ3n) is 3.35. The number of hydrogen-bond donors (Lipinski definition) is 1. The number of anilines is 1. The highest BCUT2D eigenvalue weighted by atomic mass is 32.2. The van der Waals surface area contributed by atoms with Gasteiger partial charge in [0.25, 0.3) is 0 Å². The molecule has 0 aliphatic rings. The maximum atomic E-state index is 12.6. The van der Waals surface area contributed by atoms with Gasteiger partial charge >= 0.3 is 0 Å². The summed E-state index contributed by atoms with van der Waals surface area (Å²) >= 11 is 1.53. The number of carbonyl (C=O) groups is 1. The number of hydrogen-bond acceptors (Lipinski definition) is 4. The number of nitrogens with one attached hydrogen (secondary N) is 1. The fourth-order valence-electron chi connectivity index (χ4n) is 2.00. The predicted molar refractivity (Wildman–Crippen MR) is 88.4 cm³/mol. The maximum Gasteiger partial charge on any atom is 0.243 e. The molecule has 0 bridgehead atoms. The van der Waals surface area contributed by atoms with Crippen molar-refractivity contribution in [3.63, 3.8) is 0 Å². The summed E-state index contributed by atoms with van der Waals surface area (Å²) in [5.41, 5.74) is 0.570. The fraction of sp³-hybridized carbons (Fsp3) is 0.267. The van der Waals surface area contributed by atoms with Gasteiger partial charge in [0.15, 0.2) is 0 Å². The van der Waals surface area contributed by atoms with Crippen LogP contribution in [0.5, 0.6) is 0 Å². The third-order valence-corrected chi connectivity index (χ3v) is 6.34. The highest BCUT2D eigenvalue weighted by Crippen LogP contribution is 2.28. The van der Waals surface area contributed by atoms with Crippen molar-refractivity contribution in [2.24, 2.45) is 0 Å². The zero-order chi connectivity index (χ0) is 16.3. The van der Waals surface area contributed by atoms with Gasteiger partial charge in [0.2, 0.25) is 15.9 Å². The summed E-state index contributed by atoms with van der Waals surface area (Å²) in [6.07, 6.45) is 0. The molecule has 5 nitrogen and oxygen atoms in total. The smallest absolute Gasteiger partial charge is 0.243 e. The summed E-state index contributed by atoms with van der Waals surface area (Å²) < 4.78 is 26.6. The number of benzene rings is 1. The molecule has 7 heteroatoms. The van der Waals surface area contributed by atoms with Crippen LogP contribution in [0.1, 0.15) is 24.8 Å². The number of carbonyl (C=O) groups excluding carboxylic acids is 1. The molecule has 1 amide bonds. The van der Waals surface area contributed by atoms with Crippen molar-refractivity contribution >= 4 is 33.0 Å². The van der Waals surface area contributed by atoms with Gasteiger partial charge in [-0.3, -0.25) is 4.79 Å². The Bertz CT molecular complexity index is 738. The first-order valence-electron chi connectivity index (χ1n) is 6.71. The van der Waals surface area contributed by atoms with E-state index < -0.39 is 10.0 Å². The van der Waals surface area contributed by atoms with E-state index in [4.69, 9.17) is 0 Å². The highest BCUT2D eigenvalue weighted by Gasteiger charge is 2.26. The lowest BCUT2D eigenvalue weighted by Crippen LogP contribution is -2.29. The van der Waals surface area contributed by atoms with E-state index in [0.717, 1.165) is 4.88 Å². The molecule has 1 heterocycles. The molecule has 0 aliphatic carbocycles. The van der Waals surface area contributed by atoms with Gasteiger partial charge in [-0.15, -0.1) is 11.3 Å². The monoisotopic (exact) mass is 338 g/mol. The van der Waals surface area contributed by atoms with Crippen LogP contribution in [-0.4, -0.2) is 25.7 Å². The average molecular weight is 338 g/mol. The number of amides is 1. The Morgan fingerprint density at radius 2 is 1.86 bits per heavy atom. The van der Waals surface area contributed by atoms with E-state index in [-0.39, 0.29) is 16.8 Å². The summed E-state index contributed by atoms with van der Waals surface area (Å²) in [6, 6.07) is 9.74. The van der Waals surface area contributed by atoms with Crippen LogP contribution in [0.25, 0.3) is 0 Å². The van der Waals surface area contributed by atoms with Crippen molar-refractivity contribution in [3.8, 4) is 0 Å². The standard InChI is InChI=1S/C15H18N2O3S2/c1-11(15-5-4-10-21-15)17(3)22(19,20)14-8-6-13(7-9-14)16-12(2)18/h4-11H,1-3H3,(H,16,18)/t11-/m1/s1. The van der Waals surface area contributed by atoms with Crippen molar-refractivity contribution in [1.29, 1.82) is 0 Å². The van der Waals surface area contributed by atoms with Gasteiger partial charge < -0.3 is 5.32 Å². The second-order valence-corrected chi connectivity index (χ2v) is 7.89. The predicted octanol–water partition coefficient (Wildman–Crippen LogP) is 3.09. The molecular formula is C15H18N2O3S2. The molecule has 0 aliphatic heterocycles. The normalized spacial score (nSPS) is 13.1. The van der Waals surface area contributed by atoms with E-state index in [0.29, 0.717) is 5.69 Å². The molecule has 0 unspecified atom stereocenters. The summed E-state index contributed by atoms with van der Waals surface area (Å²) in [6.45, 7) is 3.26. The zero-order valence-electron chi connectivity index (χ0n) is 12.6. The van der Waals surface area contributed by atoms with E-state index in [2.05, 4.69) is 5.32 Å². The quantitative estimate of drug-likeness (QED) is 0.911. The Hall–Kier alpha value is -1.70. The van der Waals surface area contributed by atoms with Gasteiger partial charge in [-0.1, -0.05) is 6.07 Å². The van der Waals surface area contributed by atoms with Crippen molar-refractivity contribution in [1.82, 2.24) is 4.31 Å². The molecule has 0 saturated carbocycles. The molecular weight excluding hydrogens is 320 g/mol. The second kappa shape index (κ2) is 6.60. The first-order chi connectivity index (χ1) is 10.3. The highest BCUT2D eigenvalue weighted by molar-refractivity contribution is 7.89. The van der Waals surface area contributed by atoms with Gasteiger partial charge in [-0.2, -0.15) is 4.31 Å². The minimum Gasteiger partial charge on any atom is -0.326 e. The Balaban J connectivity index is 2.24. The zero-order valence-corrected chi connectivity index (χ0v) is 14.2. The third kappa shape index (κ3) is 3.55. The van der Waals surface area contributed by atoms with Gasteiger partial charge in [-0.25, -0.2) is 8.42 Å². The number of sulfonamides is 1. The largest absolute Gasteiger partial charge is 0.326 e. The molecule has 0 spiro atoms. The summed E-state index contributed by atoms with van der Waals surface area (Å²) in [4.78, 5) is 12.2. The molecule has 1 aromatic carbocycles.